The summed E-state index contributed by atoms with van der Waals surface area (Å²) < 4.78 is 4.82. The van der Waals surface area contributed by atoms with Crippen molar-refractivity contribution in [1.82, 2.24) is 15.8 Å². The van der Waals surface area contributed by atoms with E-state index >= 15 is 0 Å². The van der Waals surface area contributed by atoms with Crippen LogP contribution >= 0.6 is 0 Å². The largest absolute Gasteiger partial charge is 0.372 e. The van der Waals surface area contributed by atoms with E-state index in [0.717, 1.165) is 44.3 Å². The van der Waals surface area contributed by atoms with E-state index in [0.29, 0.717) is 6.54 Å². The monoisotopic (exact) mass is 329 g/mol. The van der Waals surface area contributed by atoms with Crippen molar-refractivity contribution in [3.63, 3.8) is 0 Å². The molecule has 0 saturated carbocycles. The minimum atomic E-state index is 0.511. The zero-order valence-electron chi connectivity index (χ0n) is 14.5. The first kappa shape index (κ1) is 17.8. The van der Waals surface area contributed by atoms with Crippen molar-refractivity contribution in [3.05, 3.63) is 48.4 Å². The van der Waals surface area contributed by atoms with Crippen LogP contribution < -0.4 is 15.5 Å². The number of benzene rings is 1. The second kappa shape index (κ2) is 10.3. The van der Waals surface area contributed by atoms with Gasteiger partial charge in [-0.1, -0.05) is 23.4 Å². The lowest BCUT2D eigenvalue weighted by molar-refractivity contribution is 0.412. The highest BCUT2D eigenvalue weighted by atomic mass is 16.5. The average molecular weight is 329 g/mol. The summed E-state index contributed by atoms with van der Waals surface area (Å²) in [6.07, 6.45) is 2.60. The molecule has 0 fully saturated rings. The zero-order valence-corrected chi connectivity index (χ0v) is 14.5. The molecule has 24 heavy (non-hydrogen) atoms. The van der Waals surface area contributed by atoms with E-state index in [4.69, 9.17) is 4.52 Å². The van der Waals surface area contributed by atoms with Crippen LogP contribution in [0.5, 0.6) is 0 Å². The molecule has 0 aliphatic heterocycles. The van der Waals surface area contributed by atoms with Gasteiger partial charge in [0.25, 0.3) is 0 Å². The van der Waals surface area contributed by atoms with Gasteiger partial charge in [0.15, 0.2) is 5.96 Å². The van der Waals surface area contributed by atoms with Gasteiger partial charge in [-0.2, -0.15) is 0 Å². The molecule has 6 heteroatoms. The van der Waals surface area contributed by atoms with Crippen LogP contribution in [0, 0.1) is 0 Å². The number of rotatable bonds is 9. The molecule has 130 valence electrons. The van der Waals surface area contributed by atoms with Gasteiger partial charge in [-0.15, -0.1) is 0 Å². The molecule has 0 atom stereocenters. The van der Waals surface area contributed by atoms with E-state index in [9.17, 15) is 0 Å². The van der Waals surface area contributed by atoms with Crippen molar-refractivity contribution >= 4 is 11.6 Å². The van der Waals surface area contributed by atoms with Crippen LogP contribution in [-0.2, 0) is 6.54 Å². The Kier molecular flexibility index (Phi) is 7.67. The fourth-order valence-corrected chi connectivity index (χ4v) is 2.41. The van der Waals surface area contributed by atoms with E-state index in [1.54, 1.807) is 6.26 Å². The third kappa shape index (κ3) is 5.95. The minimum Gasteiger partial charge on any atom is -0.372 e. The van der Waals surface area contributed by atoms with Crippen LogP contribution in [0.25, 0.3) is 0 Å². The van der Waals surface area contributed by atoms with Gasteiger partial charge in [0.1, 0.15) is 12.0 Å². The number of hydrogen-bond acceptors (Lipinski definition) is 4. The van der Waals surface area contributed by atoms with Gasteiger partial charge in [-0.25, -0.2) is 4.99 Å². The molecular formula is C18H27N5O. The quantitative estimate of drug-likeness (QED) is 0.421. The Morgan fingerprint density at radius 1 is 1.17 bits per heavy atom. The number of hydrogen-bond donors (Lipinski definition) is 2. The highest BCUT2D eigenvalue weighted by molar-refractivity contribution is 5.79. The SMILES string of the molecule is CCNC(=NCc1ccon1)NCCCN(CC)c1ccccc1. The lowest BCUT2D eigenvalue weighted by Crippen LogP contribution is -2.38. The maximum atomic E-state index is 4.82. The number of nitrogens with zero attached hydrogens (tertiary/aromatic N) is 3. The Labute approximate surface area is 143 Å². The zero-order chi connectivity index (χ0) is 17.0. The first-order valence-electron chi connectivity index (χ1n) is 8.55. The van der Waals surface area contributed by atoms with Crippen LogP contribution in [0.1, 0.15) is 26.0 Å². The second-order valence-corrected chi connectivity index (χ2v) is 5.38. The van der Waals surface area contributed by atoms with Crippen LogP contribution in [0.3, 0.4) is 0 Å². The smallest absolute Gasteiger partial charge is 0.191 e. The van der Waals surface area contributed by atoms with E-state index in [1.807, 2.05) is 12.1 Å². The maximum Gasteiger partial charge on any atom is 0.191 e. The first-order chi connectivity index (χ1) is 11.8. The molecule has 0 saturated heterocycles. The Balaban J connectivity index is 1.76. The molecule has 6 nitrogen and oxygen atoms in total. The number of guanidine groups is 1. The number of aliphatic imine (C=N–C) groups is 1. The third-order valence-corrected chi connectivity index (χ3v) is 3.63. The van der Waals surface area contributed by atoms with Crippen molar-refractivity contribution in [1.29, 1.82) is 0 Å². The molecule has 2 aromatic rings. The predicted molar refractivity (Wildman–Crippen MR) is 98.3 cm³/mol. The van der Waals surface area contributed by atoms with Crippen LogP contribution in [0.4, 0.5) is 5.69 Å². The second-order valence-electron chi connectivity index (χ2n) is 5.38. The number of anilines is 1. The van der Waals surface area contributed by atoms with Crippen LogP contribution in [0.15, 0.2) is 52.2 Å². The molecular weight excluding hydrogens is 302 g/mol. The van der Waals surface area contributed by atoms with E-state index in [1.165, 1.54) is 5.69 Å². The molecule has 1 aromatic carbocycles. The Morgan fingerprint density at radius 2 is 2.00 bits per heavy atom. The van der Waals surface area contributed by atoms with Gasteiger partial charge in [-0.3, -0.25) is 0 Å². The minimum absolute atomic E-state index is 0.511. The van der Waals surface area contributed by atoms with E-state index in [-0.39, 0.29) is 0 Å². The van der Waals surface area contributed by atoms with Gasteiger partial charge in [0.05, 0.1) is 6.54 Å². The van der Waals surface area contributed by atoms with Gasteiger partial charge < -0.3 is 20.1 Å². The number of aromatic nitrogens is 1. The predicted octanol–water partition coefficient (Wildman–Crippen LogP) is 2.65. The highest BCUT2D eigenvalue weighted by Crippen LogP contribution is 2.12. The van der Waals surface area contributed by atoms with Crippen molar-refractivity contribution < 1.29 is 4.52 Å². The number of para-hydroxylation sites is 1. The molecule has 2 rings (SSSR count). The molecule has 0 amide bonds. The summed E-state index contributed by atoms with van der Waals surface area (Å²) in [6, 6.07) is 12.3. The summed E-state index contributed by atoms with van der Waals surface area (Å²) in [6.45, 7) is 8.46. The molecule has 0 radical (unpaired) electrons. The summed E-state index contributed by atoms with van der Waals surface area (Å²) in [4.78, 5) is 6.89. The first-order valence-corrected chi connectivity index (χ1v) is 8.55. The molecule has 0 bridgehead atoms. The Bertz CT molecular complexity index is 583. The lowest BCUT2D eigenvalue weighted by Gasteiger charge is -2.23. The lowest BCUT2D eigenvalue weighted by atomic mass is 10.2. The van der Waals surface area contributed by atoms with Crippen molar-refractivity contribution in [2.75, 3.05) is 31.1 Å². The fourth-order valence-electron chi connectivity index (χ4n) is 2.41. The van der Waals surface area contributed by atoms with Gasteiger partial charge >= 0.3 is 0 Å². The Morgan fingerprint density at radius 3 is 2.67 bits per heavy atom. The molecule has 0 aliphatic rings. The molecule has 2 N–H and O–H groups in total. The number of nitrogens with one attached hydrogen (secondary N) is 2. The summed E-state index contributed by atoms with van der Waals surface area (Å²) >= 11 is 0. The normalized spacial score (nSPS) is 11.3. The molecule has 0 unspecified atom stereocenters. The van der Waals surface area contributed by atoms with Crippen LogP contribution in [0.2, 0.25) is 0 Å². The summed E-state index contributed by atoms with van der Waals surface area (Å²) in [5, 5.41) is 10.5. The van der Waals surface area contributed by atoms with Gasteiger partial charge in [-0.05, 0) is 32.4 Å². The summed E-state index contributed by atoms with van der Waals surface area (Å²) in [5.74, 6) is 0.809. The molecule has 0 aliphatic carbocycles. The molecule has 1 heterocycles. The molecule has 0 spiro atoms. The summed E-state index contributed by atoms with van der Waals surface area (Å²) in [5.41, 5.74) is 2.10. The van der Waals surface area contributed by atoms with Crippen molar-refractivity contribution in [2.45, 2.75) is 26.8 Å². The van der Waals surface area contributed by atoms with Gasteiger partial charge in [0, 0.05) is 37.9 Å². The standard InChI is InChI=1S/C18H27N5O/c1-3-19-18(21-15-16-11-14-24-22-16)20-12-8-13-23(4-2)17-9-6-5-7-10-17/h5-7,9-11,14H,3-4,8,12-13,15H2,1-2H3,(H2,19,20,21). The summed E-state index contributed by atoms with van der Waals surface area (Å²) in [7, 11) is 0. The maximum absolute atomic E-state index is 4.82. The highest BCUT2D eigenvalue weighted by Gasteiger charge is 2.04. The van der Waals surface area contributed by atoms with Gasteiger partial charge in [0.2, 0.25) is 0 Å². The van der Waals surface area contributed by atoms with Crippen molar-refractivity contribution in [2.24, 2.45) is 4.99 Å². The third-order valence-electron chi connectivity index (χ3n) is 3.63. The van der Waals surface area contributed by atoms with E-state index < -0.39 is 0 Å². The van der Waals surface area contributed by atoms with E-state index in [2.05, 4.69) is 63.8 Å². The van der Waals surface area contributed by atoms with Crippen molar-refractivity contribution in [3.8, 4) is 0 Å². The Hall–Kier alpha value is -2.50. The topological polar surface area (TPSA) is 65.7 Å². The average Bonchev–Trinajstić information content (AvgIpc) is 3.14. The molecule has 1 aromatic heterocycles. The van der Waals surface area contributed by atoms with Crippen LogP contribution in [-0.4, -0.2) is 37.3 Å². The fraction of sp³-hybridized carbons (Fsp3) is 0.444.